The summed E-state index contributed by atoms with van der Waals surface area (Å²) >= 11 is 0. The van der Waals surface area contributed by atoms with Crippen LogP contribution >= 0.6 is 0 Å². The van der Waals surface area contributed by atoms with Crippen LogP contribution < -0.4 is 5.32 Å². The summed E-state index contributed by atoms with van der Waals surface area (Å²) in [6.45, 7) is 10.1. The maximum atomic E-state index is 3.68. The maximum absolute atomic E-state index is 3.68. The average Bonchev–Trinajstić information content (AvgIpc) is 2.96. The van der Waals surface area contributed by atoms with Gasteiger partial charge in [0, 0.05) is 6.04 Å². The second kappa shape index (κ2) is 7.45. The standard InChI is InChI=1S/C20H33N/c1-5-21-19(15-10-16-8-6-7-9-16)17-11-13-18(14-12-17)20(2,3)4/h11-14,16,19,21H,5-10,15H2,1-4H3. The van der Waals surface area contributed by atoms with E-state index in [1.165, 1.54) is 49.7 Å². The third-order valence-electron chi connectivity index (χ3n) is 4.97. The lowest BCUT2D eigenvalue weighted by Gasteiger charge is -2.23. The van der Waals surface area contributed by atoms with Crippen LogP contribution in [0.2, 0.25) is 0 Å². The summed E-state index contributed by atoms with van der Waals surface area (Å²) < 4.78 is 0. The van der Waals surface area contributed by atoms with Crippen LogP contribution in [0.1, 0.15) is 83.4 Å². The molecular formula is C20H33N. The van der Waals surface area contributed by atoms with E-state index < -0.39 is 0 Å². The fourth-order valence-electron chi connectivity index (χ4n) is 3.55. The zero-order valence-electron chi connectivity index (χ0n) is 14.4. The summed E-state index contributed by atoms with van der Waals surface area (Å²) in [5.74, 6) is 0.986. The van der Waals surface area contributed by atoms with Gasteiger partial charge in [-0.25, -0.2) is 0 Å². The Morgan fingerprint density at radius 3 is 2.24 bits per heavy atom. The van der Waals surface area contributed by atoms with Gasteiger partial charge in [-0.2, -0.15) is 0 Å². The second-order valence-corrected chi connectivity index (χ2v) is 7.71. The number of rotatable bonds is 6. The Balaban J connectivity index is 1.99. The van der Waals surface area contributed by atoms with E-state index in [4.69, 9.17) is 0 Å². The summed E-state index contributed by atoms with van der Waals surface area (Å²) in [6.07, 6.45) is 8.50. The Morgan fingerprint density at radius 2 is 1.71 bits per heavy atom. The van der Waals surface area contributed by atoms with E-state index in [0.717, 1.165) is 12.5 Å². The molecule has 2 rings (SSSR count). The van der Waals surface area contributed by atoms with Gasteiger partial charge in [0.05, 0.1) is 0 Å². The van der Waals surface area contributed by atoms with Crippen LogP contribution in [0.25, 0.3) is 0 Å². The molecule has 1 aliphatic rings. The Morgan fingerprint density at radius 1 is 1.10 bits per heavy atom. The maximum Gasteiger partial charge on any atom is 0.0320 e. The van der Waals surface area contributed by atoms with Gasteiger partial charge in [0.25, 0.3) is 0 Å². The first-order valence-electron chi connectivity index (χ1n) is 8.84. The zero-order chi connectivity index (χ0) is 15.3. The van der Waals surface area contributed by atoms with Crippen molar-refractivity contribution in [2.75, 3.05) is 6.54 Å². The molecular weight excluding hydrogens is 254 g/mol. The van der Waals surface area contributed by atoms with Gasteiger partial charge < -0.3 is 5.32 Å². The van der Waals surface area contributed by atoms with Gasteiger partial charge in [0.15, 0.2) is 0 Å². The smallest absolute Gasteiger partial charge is 0.0320 e. The minimum atomic E-state index is 0.246. The Bertz CT molecular complexity index is 406. The molecule has 1 N–H and O–H groups in total. The topological polar surface area (TPSA) is 12.0 Å². The number of hydrogen-bond donors (Lipinski definition) is 1. The second-order valence-electron chi connectivity index (χ2n) is 7.71. The molecule has 1 heteroatoms. The summed E-state index contributed by atoms with van der Waals surface area (Å²) in [5, 5.41) is 3.68. The van der Waals surface area contributed by atoms with E-state index >= 15 is 0 Å². The third kappa shape index (κ3) is 4.85. The van der Waals surface area contributed by atoms with Crippen molar-refractivity contribution in [3.63, 3.8) is 0 Å². The van der Waals surface area contributed by atoms with Crippen LogP contribution in [0.4, 0.5) is 0 Å². The lowest BCUT2D eigenvalue weighted by Crippen LogP contribution is -2.22. The first-order valence-corrected chi connectivity index (χ1v) is 8.84. The van der Waals surface area contributed by atoms with Crippen LogP contribution in [0.15, 0.2) is 24.3 Å². The molecule has 0 heterocycles. The number of hydrogen-bond acceptors (Lipinski definition) is 1. The fraction of sp³-hybridized carbons (Fsp3) is 0.700. The van der Waals surface area contributed by atoms with E-state index in [2.05, 4.69) is 57.3 Å². The number of benzene rings is 1. The van der Waals surface area contributed by atoms with Crippen molar-refractivity contribution in [3.8, 4) is 0 Å². The molecule has 0 amide bonds. The van der Waals surface area contributed by atoms with Gasteiger partial charge in [-0.15, -0.1) is 0 Å². The SMILES string of the molecule is CCNC(CCC1CCCC1)c1ccc(C(C)(C)C)cc1. The van der Waals surface area contributed by atoms with Crippen LogP contribution in [-0.2, 0) is 5.41 Å². The number of nitrogens with one attached hydrogen (secondary N) is 1. The molecule has 1 aliphatic carbocycles. The quantitative estimate of drug-likeness (QED) is 0.717. The molecule has 1 saturated carbocycles. The van der Waals surface area contributed by atoms with Gasteiger partial charge >= 0.3 is 0 Å². The predicted octanol–water partition coefficient (Wildman–Crippen LogP) is 5.61. The molecule has 1 atom stereocenters. The Labute approximate surface area is 131 Å². The summed E-state index contributed by atoms with van der Waals surface area (Å²) in [4.78, 5) is 0. The van der Waals surface area contributed by atoms with Crippen molar-refractivity contribution in [2.45, 2.75) is 77.7 Å². The molecule has 0 radical (unpaired) electrons. The molecule has 1 aromatic carbocycles. The molecule has 0 aliphatic heterocycles. The lowest BCUT2D eigenvalue weighted by molar-refractivity contribution is 0.416. The predicted molar refractivity (Wildman–Crippen MR) is 92.8 cm³/mol. The fourth-order valence-corrected chi connectivity index (χ4v) is 3.55. The molecule has 0 bridgehead atoms. The van der Waals surface area contributed by atoms with Gasteiger partial charge in [-0.3, -0.25) is 0 Å². The normalized spacial score (nSPS) is 18.1. The highest BCUT2D eigenvalue weighted by molar-refractivity contribution is 5.29. The first kappa shape index (κ1) is 16.5. The molecule has 0 spiro atoms. The van der Waals surface area contributed by atoms with E-state index in [0.29, 0.717) is 6.04 Å². The highest BCUT2D eigenvalue weighted by atomic mass is 14.9. The molecule has 0 saturated heterocycles. The highest BCUT2D eigenvalue weighted by Gasteiger charge is 2.19. The molecule has 1 nitrogen and oxygen atoms in total. The van der Waals surface area contributed by atoms with Crippen LogP contribution in [0, 0.1) is 5.92 Å². The van der Waals surface area contributed by atoms with E-state index in [9.17, 15) is 0 Å². The summed E-state index contributed by atoms with van der Waals surface area (Å²) in [5.41, 5.74) is 3.14. The van der Waals surface area contributed by atoms with Gasteiger partial charge in [0.1, 0.15) is 0 Å². The molecule has 118 valence electrons. The van der Waals surface area contributed by atoms with Crippen molar-refractivity contribution in [1.82, 2.24) is 5.32 Å². The third-order valence-corrected chi connectivity index (χ3v) is 4.97. The van der Waals surface area contributed by atoms with Crippen molar-refractivity contribution < 1.29 is 0 Å². The Kier molecular flexibility index (Phi) is 5.87. The molecule has 1 unspecified atom stereocenters. The molecule has 1 aromatic rings. The summed E-state index contributed by atoms with van der Waals surface area (Å²) in [7, 11) is 0. The van der Waals surface area contributed by atoms with Gasteiger partial charge in [0.2, 0.25) is 0 Å². The summed E-state index contributed by atoms with van der Waals surface area (Å²) in [6, 6.07) is 9.83. The van der Waals surface area contributed by atoms with Crippen molar-refractivity contribution >= 4 is 0 Å². The average molecular weight is 287 g/mol. The van der Waals surface area contributed by atoms with E-state index in [-0.39, 0.29) is 5.41 Å². The van der Waals surface area contributed by atoms with Gasteiger partial charge in [-0.1, -0.05) is 77.6 Å². The van der Waals surface area contributed by atoms with Crippen molar-refractivity contribution in [3.05, 3.63) is 35.4 Å². The van der Waals surface area contributed by atoms with E-state index in [1.54, 1.807) is 0 Å². The first-order chi connectivity index (χ1) is 10.0. The van der Waals surface area contributed by atoms with Crippen LogP contribution in [-0.4, -0.2) is 6.54 Å². The van der Waals surface area contributed by atoms with Gasteiger partial charge in [-0.05, 0) is 41.8 Å². The van der Waals surface area contributed by atoms with Crippen molar-refractivity contribution in [2.24, 2.45) is 5.92 Å². The monoisotopic (exact) mass is 287 g/mol. The largest absolute Gasteiger partial charge is 0.310 e. The minimum Gasteiger partial charge on any atom is -0.310 e. The Hall–Kier alpha value is -0.820. The van der Waals surface area contributed by atoms with Crippen LogP contribution in [0.3, 0.4) is 0 Å². The van der Waals surface area contributed by atoms with E-state index in [1.807, 2.05) is 0 Å². The zero-order valence-corrected chi connectivity index (χ0v) is 14.4. The highest BCUT2D eigenvalue weighted by Crippen LogP contribution is 2.32. The lowest BCUT2D eigenvalue weighted by atomic mass is 9.85. The molecule has 21 heavy (non-hydrogen) atoms. The van der Waals surface area contributed by atoms with Crippen LogP contribution in [0.5, 0.6) is 0 Å². The molecule has 1 fully saturated rings. The minimum absolute atomic E-state index is 0.246. The molecule has 0 aromatic heterocycles. The van der Waals surface area contributed by atoms with Crippen molar-refractivity contribution in [1.29, 1.82) is 0 Å².